The number of ether oxygens (including phenoxy) is 1. The number of rotatable bonds is 9. The number of unbranched alkanes of at least 4 members (excludes halogenated alkanes) is 1. The van der Waals surface area contributed by atoms with Crippen LogP contribution in [0, 0.1) is 17.8 Å². The summed E-state index contributed by atoms with van der Waals surface area (Å²) in [5.41, 5.74) is 0.919. The summed E-state index contributed by atoms with van der Waals surface area (Å²) in [5.74, 6) is 6.08. The fourth-order valence-electron chi connectivity index (χ4n) is 2.62. The number of aliphatic hydroxyl groups excluding tert-OH is 2. The zero-order valence-electron chi connectivity index (χ0n) is 15.3. The fraction of sp³-hybridized carbons (Fsp3) is 0.571. The van der Waals surface area contributed by atoms with E-state index >= 15 is 0 Å². The number of hydrogen-bond acceptors (Lipinski definition) is 4. The molecule has 0 fully saturated rings. The molecule has 3 atom stereocenters. The maximum Gasteiger partial charge on any atom is 0.305 e. The molecule has 4 nitrogen and oxygen atoms in total. The van der Waals surface area contributed by atoms with E-state index in [1.54, 1.807) is 6.08 Å². The average molecular weight is 346 g/mol. The highest BCUT2D eigenvalue weighted by atomic mass is 16.5. The standard InChI is InChI=1S/C21H30O4/c1-3-4-7-11-18(22)14-15-19-17(13-16-20(19)23)10-8-5-6-9-12-21(24)25-2/h4,7,13,15-18,20,22-23H,3,6,9-12,14H2,1-2H3. The third-order valence-electron chi connectivity index (χ3n) is 4.09. The summed E-state index contributed by atoms with van der Waals surface area (Å²) in [7, 11) is 1.39. The topological polar surface area (TPSA) is 66.8 Å². The Morgan fingerprint density at radius 3 is 2.84 bits per heavy atom. The lowest BCUT2D eigenvalue weighted by atomic mass is 9.96. The Hall–Kier alpha value is -1.83. The van der Waals surface area contributed by atoms with Crippen molar-refractivity contribution in [3.63, 3.8) is 0 Å². The molecule has 1 aliphatic carbocycles. The van der Waals surface area contributed by atoms with Crippen molar-refractivity contribution in [2.75, 3.05) is 7.11 Å². The molecule has 25 heavy (non-hydrogen) atoms. The van der Waals surface area contributed by atoms with Gasteiger partial charge in [-0.1, -0.05) is 37.3 Å². The van der Waals surface area contributed by atoms with Crippen LogP contribution in [0.4, 0.5) is 0 Å². The van der Waals surface area contributed by atoms with E-state index in [1.165, 1.54) is 7.11 Å². The highest BCUT2D eigenvalue weighted by molar-refractivity contribution is 5.69. The predicted molar refractivity (Wildman–Crippen MR) is 99.7 cm³/mol. The first-order valence-electron chi connectivity index (χ1n) is 9.00. The van der Waals surface area contributed by atoms with Gasteiger partial charge in [0.05, 0.1) is 19.3 Å². The summed E-state index contributed by atoms with van der Waals surface area (Å²) >= 11 is 0. The van der Waals surface area contributed by atoms with Crippen LogP contribution in [-0.2, 0) is 9.53 Å². The molecular formula is C21H30O4. The molecule has 0 bridgehead atoms. The van der Waals surface area contributed by atoms with E-state index < -0.39 is 12.2 Å². The van der Waals surface area contributed by atoms with E-state index in [-0.39, 0.29) is 11.9 Å². The van der Waals surface area contributed by atoms with Crippen molar-refractivity contribution in [2.45, 2.75) is 64.1 Å². The minimum Gasteiger partial charge on any atom is -0.469 e. The van der Waals surface area contributed by atoms with Crippen molar-refractivity contribution in [1.29, 1.82) is 0 Å². The van der Waals surface area contributed by atoms with Crippen molar-refractivity contribution in [3.05, 3.63) is 36.0 Å². The second-order valence-corrected chi connectivity index (χ2v) is 6.13. The van der Waals surface area contributed by atoms with Gasteiger partial charge in [-0.05, 0) is 31.3 Å². The Labute approximate surface area is 151 Å². The van der Waals surface area contributed by atoms with Gasteiger partial charge in [-0.3, -0.25) is 4.79 Å². The summed E-state index contributed by atoms with van der Waals surface area (Å²) < 4.78 is 4.58. The van der Waals surface area contributed by atoms with Crippen LogP contribution in [0.25, 0.3) is 0 Å². The quantitative estimate of drug-likeness (QED) is 0.291. The molecular weight excluding hydrogens is 316 g/mol. The van der Waals surface area contributed by atoms with Crippen molar-refractivity contribution >= 4 is 5.97 Å². The van der Waals surface area contributed by atoms with Crippen LogP contribution >= 0.6 is 0 Å². The molecule has 0 amide bonds. The lowest BCUT2D eigenvalue weighted by Crippen LogP contribution is -2.10. The van der Waals surface area contributed by atoms with Gasteiger partial charge in [-0.25, -0.2) is 0 Å². The first kappa shape index (κ1) is 21.2. The molecule has 0 spiro atoms. The van der Waals surface area contributed by atoms with Crippen LogP contribution in [0.5, 0.6) is 0 Å². The number of methoxy groups -OCH3 is 1. The highest BCUT2D eigenvalue weighted by Gasteiger charge is 2.22. The van der Waals surface area contributed by atoms with E-state index in [0.29, 0.717) is 38.5 Å². The Morgan fingerprint density at radius 2 is 2.12 bits per heavy atom. The zero-order chi connectivity index (χ0) is 18.5. The first-order valence-corrected chi connectivity index (χ1v) is 9.00. The lowest BCUT2D eigenvalue weighted by molar-refractivity contribution is -0.140. The summed E-state index contributed by atoms with van der Waals surface area (Å²) in [6.45, 7) is 2.06. The van der Waals surface area contributed by atoms with Crippen LogP contribution in [0.15, 0.2) is 36.0 Å². The van der Waals surface area contributed by atoms with Gasteiger partial charge in [0.2, 0.25) is 0 Å². The molecule has 0 heterocycles. The van der Waals surface area contributed by atoms with Gasteiger partial charge in [0, 0.05) is 25.2 Å². The molecule has 1 aliphatic rings. The van der Waals surface area contributed by atoms with Crippen molar-refractivity contribution in [2.24, 2.45) is 5.92 Å². The van der Waals surface area contributed by atoms with Crippen molar-refractivity contribution in [1.82, 2.24) is 0 Å². The SMILES string of the molecule is CCC=CCC(O)CC=C1C(O)C=CC1CC#CCCCC(=O)OC. The second-order valence-electron chi connectivity index (χ2n) is 6.13. The summed E-state index contributed by atoms with van der Waals surface area (Å²) in [4.78, 5) is 11.0. The minimum atomic E-state index is -0.579. The van der Waals surface area contributed by atoms with Crippen molar-refractivity contribution in [3.8, 4) is 11.8 Å². The summed E-state index contributed by atoms with van der Waals surface area (Å²) in [5, 5.41) is 20.0. The molecule has 0 radical (unpaired) electrons. The molecule has 0 aromatic rings. The number of carbonyl (C=O) groups excluding carboxylic acids is 1. The van der Waals surface area contributed by atoms with E-state index in [0.717, 1.165) is 12.0 Å². The Morgan fingerprint density at radius 1 is 1.32 bits per heavy atom. The Bertz CT molecular complexity index is 548. The summed E-state index contributed by atoms with van der Waals surface area (Å²) in [6, 6.07) is 0. The lowest BCUT2D eigenvalue weighted by Gasteiger charge is -2.13. The number of hydrogen-bond donors (Lipinski definition) is 2. The van der Waals surface area contributed by atoms with Gasteiger partial charge in [-0.15, -0.1) is 11.8 Å². The van der Waals surface area contributed by atoms with Crippen LogP contribution in [0.3, 0.4) is 0 Å². The number of esters is 1. The molecule has 0 saturated carbocycles. The van der Waals surface area contributed by atoms with E-state index in [4.69, 9.17) is 0 Å². The van der Waals surface area contributed by atoms with Crippen LogP contribution < -0.4 is 0 Å². The number of aliphatic hydroxyl groups is 2. The maximum atomic E-state index is 11.0. The van der Waals surface area contributed by atoms with Gasteiger partial charge in [0.25, 0.3) is 0 Å². The Kier molecular flexibility index (Phi) is 10.6. The van der Waals surface area contributed by atoms with Crippen molar-refractivity contribution < 1.29 is 19.7 Å². The molecule has 0 aromatic carbocycles. The molecule has 4 heteroatoms. The molecule has 0 aliphatic heterocycles. The molecule has 2 N–H and O–H groups in total. The summed E-state index contributed by atoms with van der Waals surface area (Å²) in [6.07, 6.45) is 13.3. The normalized spacial score (nSPS) is 22.2. The zero-order valence-corrected chi connectivity index (χ0v) is 15.3. The third kappa shape index (κ3) is 8.72. The molecule has 0 saturated heterocycles. The van der Waals surface area contributed by atoms with Gasteiger partial charge >= 0.3 is 5.97 Å². The molecule has 1 rings (SSSR count). The van der Waals surface area contributed by atoms with E-state index in [2.05, 4.69) is 23.5 Å². The smallest absolute Gasteiger partial charge is 0.305 e. The highest BCUT2D eigenvalue weighted by Crippen LogP contribution is 2.28. The average Bonchev–Trinajstić information content (AvgIpc) is 2.96. The first-order chi connectivity index (χ1) is 12.1. The van der Waals surface area contributed by atoms with Crippen LogP contribution in [0.2, 0.25) is 0 Å². The number of carbonyl (C=O) groups is 1. The monoisotopic (exact) mass is 346 g/mol. The van der Waals surface area contributed by atoms with Crippen LogP contribution in [0.1, 0.15) is 51.9 Å². The fourth-order valence-corrected chi connectivity index (χ4v) is 2.62. The number of allylic oxidation sites excluding steroid dienone is 2. The van der Waals surface area contributed by atoms with Gasteiger partial charge in [-0.2, -0.15) is 0 Å². The Balaban J connectivity index is 2.42. The van der Waals surface area contributed by atoms with Gasteiger partial charge in [0.15, 0.2) is 0 Å². The van der Waals surface area contributed by atoms with Gasteiger partial charge < -0.3 is 14.9 Å². The second kappa shape index (κ2) is 12.5. The van der Waals surface area contributed by atoms with E-state index in [9.17, 15) is 15.0 Å². The molecule has 3 unspecified atom stereocenters. The van der Waals surface area contributed by atoms with E-state index in [1.807, 2.05) is 24.3 Å². The molecule has 138 valence electrons. The minimum absolute atomic E-state index is 0.0986. The third-order valence-corrected chi connectivity index (χ3v) is 4.09. The van der Waals surface area contributed by atoms with Gasteiger partial charge in [0.1, 0.15) is 0 Å². The maximum absolute atomic E-state index is 11.0. The predicted octanol–water partition coefficient (Wildman–Crippen LogP) is 3.30. The van der Waals surface area contributed by atoms with Crippen LogP contribution in [-0.4, -0.2) is 35.5 Å². The largest absolute Gasteiger partial charge is 0.469 e. The molecule has 0 aromatic heterocycles.